The number of halogens is 1. The maximum Gasteiger partial charge on any atom is 0.246 e. The molecule has 5 nitrogen and oxygen atoms in total. The first-order chi connectivity index (χ1) is 13.5. The molecule has 2 amide bonds. The number of anilines is 1. The molecule has 0 bridgehead atoms. The molecule has 1 saturated heterocycles. The molecule has 0 radical (unpaired) electrons. The Bertz CT molecular complexity index is 800. The van der Waals surface area contributed by atoms with Gasteiger partial charge in [-0.2, -0.15) is 0 Å². The number of carbonyl (C=O) groups excluding carboxylic acids is 2. The minimum atomic E-state index is -0.470. The summed E-state index contributed by atoms with van der Waals surface area (Å²) in [4.78, 5) is 29.3. The molecule has 1 unspecified atom stereocenters. The van der Waals surface area contributed by atoms with Gasteiger partial charge in [-0.3, -0.25) is 14.5 Å². The van der Waals surface area contributed by atoms with E-state index in [1.807, 2.05) is 49.1 Å². The highest BCUT2D eigenvalue weighted by atomic mass is 19.1. The molecular weight excluding hydrogens is 357 g/mol. The third kappa shape index (κ3) is 4.75. The van der Waals surface area contributed by atoms with E-state index in [2.05, 4.69) is 10.2 Å². The molecule has 1 aliphatic rings. The van der Waals surface area contributed by atoms with Gasteiger partial charge in [-0.25, -0.2) is 4.39 Å². The molecule has 6 heteroatoms. The maximum absolute atomic E-state index is 13.1. The fraction of sp³-hybridized carbons (Fsp3) is 0.364. The van der Waals surface area contributed by atoms with Crippen LogP contribution in [0.3, 0.4) is 0 Å². The monoisotopic (exact) mass is 383 g/mol. The molecule has 1 N–H and O–H groups in total. The highest BCUT2D eigenvalue weighted by Crippen LogP contribution is 2.25. The smallest absolute Gasteiger partial charge is 0.246 e. The summed E-state index contributed by atoms with van der Waals surface area (Å²) in [6.07, 6.45) is 0. The van der Waals surface area contributed by atoms with Gasteiger partial charge in [-0.1, -0.05) is 44.2 Å². The van der Waals surface area contributed by atoms with E-state index >= 15 is 0 Å². The van der Waals surface area contributed by atoms with Gasteiger partial charge >= 0.3 is 0 Å². The van der Waals surface area contributed by atoms with Gasteiger partial charge in [-0.05, 0) is 29.8 Å². The van der Waals surface area contributed by atoms with Crippen LogP contribution in [0.1, 0.15) is 25.5 Å². The summed E-state index contributed by atoms with van der Waals surface area (Å²) in [5, 5.41) is 2.89. The second-order valence-electron chi connectivity index (χ2n) is 7.33. The van der Waals surface area contributed by atoms with Gasteiger partial charge in [0, 0.05) is 37.8 Å². The lowest BCUT2D eigenvalue weighted by atomic mass is 10.0. The standard InChI is InChI=1S/C22H26FN3O2/c1-16(2)22(28)26-14-12-25(13-15-26)20(17-6-4-3-5-7-17)21(27)24-19-10-8-18(23)9-11-19/h3-11,16,20H,12-15H2,1-2H3,(H,24,27). The molecule has 0 aromatic heterocycles. The van der Waals surface area contributed by atoms with Crippen LogP contribution in [0, 0.1) is 11.7 Å². The molecule has 0 aliphatic carbocycles. The van der Waals surface area contributed by atoms with E-state index in [-0.39, 0.29) is 23.5 Å². The van der Waals surface area contributed by atoms with Crippen LogP contribution in [0.15, 0.2) is 54.6 Å². The summed E-state index contributed by atoms with van der Waals surface area (Å²) in [6, 6.07) is 14.9. The Morgan fingerprint density at radius 1 is 0.929 bits per heavy atom. The molecule has 1 atom stereocenters. The van der Waals surface area contributed by atoms with Crippen molar-refractivity contribution < 1.29 is 14.0 Å². The van der Waals surface area contributed by atoms with E-state index in [0.29, 0.717) is 31.9 Å². The predicted octanol–water partition coefficient (Wildman–Crippen LogP) is 3.31. The highest BCUT2D eigenvalue weighted by Gasteiger charge is 2.32. The lowest BCUT2D eigenvalue weighted by Crippen LogP contribution is -2.52. The van der Waals surface area contributed by atoms with Crippen molar-refractivity contribution >= 4 is 17.5 Å². The molecule has 28 heavy (non-hydrogen) atoms. The maximum atomic E-state index is 13.1. The predicted molar refractivity (Wildman–Crippen MR) is 107 cm³/mol. The highest BCUT2D eigenvalue weighted by molar-refractivity contribution is 5.95. The molecule has 1 aliphatic heterocycles. The average Bonchev–Trinajstić information content (AvgIpc) is 2.70. The third-order valence-electron chi connectivity index (χ3n) is 4.96. The summed E-state index contributed by atoms with van der Waals surface area (Å²) in [5.41, 5.74) is 1.45. The van der Waals surface area contributed by atoms with Crippen molar-refractivity contribution in [3.63, 3.8) is 0 Å². The molecule has 0 spiro atoms. The summed E-state index contributed by atoms with van der Waals surface area (Å²) in [6.45, 7) is 6.24. The zero-order valence-electron chi connectivity index (χ0n) is 16.3. The zero-order chi connectivity index (χ0) is 20.1. The minimum Gasteiger partial charge on any atom is -0.340 e. The van der Waals surface area contributed by atoms with Crippen molar-refractivity contribution in [2.75, 3.05) is 31.5 Å². The SMILES string of the molecule is CC(C)C(=O)N1CCN(C(C(=O)Nc2ccc(F)cc2)c2ccccc2)CC1. The van der Waals surface area contributed by atoms with Crippen LogP contribution in [-0.2, 0) is 9.59 Å². The largest absolute Gasteiger partial charge is 0.340 e. The van der Waals surface area contributed by atoms with E-state index in [0.717, 1.165) is 5.56 Å². The number of benzene rings is 2. The molecule has 2 aromatic rings. The first kappa shape index (κ1) is 20.0. The van der Waals surface area contributed by atoms with Gasteiger partial charge in [0.25, 0.3) is 0 Å². The van der Waals surface area contributed by atoms with Crippen molar-refractivity contribution in [1.82, 2.24) is 9.80 Å². The topological polar surface area (TPSA) is 52.7 Å². The van der Waals surface area contributed by atoms with Crippen LogP contribution in [0.25, 0.3) is 0 Å². The van der Waals surface area contributed by atoms with Crippen LogP contribution >= 0.6 is 0 Å². The number of hydrogen-bond acceptors (Lipinski definition) is 3. The summed E-state index contributed by atoms with van der Waals surface area (Å²) < 4.78 is 13.1. The number of nitrogens with zero attached hydrogens (tertiary/aromatic N) is 2. The molecule has 3 rings (SSSR count). The van der Waals surface area contributed by atoms with Crippen molar-refractivity contribution in [3.05, 3.63) is 66.0 Å². The van der Waals surface area contributed by atoms with E-state index in [1.54, 1.807) is 12.1 Å². The lowest BCUT2D eigenvalue weighted by Gasteiger charge is -2.39. The Balaban J connectivity index is 1.76. The zero-order valence-corrected chi connectivity index (χ0v) is 16.3. The number of carbonyl (C=O) groups is 2. The first-order valence-electron chi connectivity index (χ1n) is 9.60. The average molecular weight is 383 g/mol. The van der Waals surface area contributed by atoms with Crippen LogP contribution in [0.2, 0.25) is 0 Å². The Morgan fingerprint density at radius 3 is 2.11 bits per heavy atom. The fourth-order valence-electron chi connectivity index (χ4n) is 3.47. The van der Waals surface area contributed by atoms with E-state index in [4.69, 9.17) is 0 Å². The molecular formula is C22H26FN3O2. The second-order valence-corrected chi connectivity index (χ2v) is 7.33. The molecule has 148 valence electrons. The first-order valence-corrected chi connectivity index (χ1v) is 9.60. The van der Waals surface area contributed by atoms with Crippen LogP contribution < -0.4 is 5.32 Å². The Kier molecular flexibility index (Phi) is 6.41. The van der Waals surface area contributed by atoms with E-state index < -0.39 is 6.04 Å². The summed E-state index contributed by atoms with van der Waals surface area (Å²) in [5.74, 6) is -0.394. The van der Waals surface area contributed by atoms with Crippen molar-refractivity contribution in [2.45, 2.75) is 19.9 Å². The van der Waals surface area contributed by atoms with Gasteiger partial charge in [-0.15, -0.1) is 0 Å². The van der Waals surface area contributed by atoms with E-state index in [9.17, 15) is 14.0 Å². The van der Waals surface area contributed by atoms with E-state index in [1.165, 1.54) is 12.1 Å². The normalized spacial score (nSPS) is 16.1. The minimum absolute atomic E-state index is 0.0294. The number of nitrogens with one attached hydrogen (secondary N) is 1. The van der Waals surface area contributed by atoms with Crippen molar-refractivity contribution in [3.8, 4) is 0 Å². The summed E-state index contributed by atoms with van der Waals surface area (Å²) in [7, 11) is 0. The van der Waals surface area contributed by atoms with Crippen molar-refractivity contribution in [2.24, 2.45) is 5.92 Å². The number of hydrogen-bond donors (Lipinski definition) is 1. The summed E-state index contributed by atoms with van der Waals surface area (Å²) >= 11 is 0. The van der Waals surface area contributed by atoms with Crippen LogP contribution in [0.4, 0.5) is 10.1 Å². The van der Waals surface area contributed by atoms with Gasteiger partial charge in [0.05, 0.1) is 0 Å². The van der Waals surface area contributed by atoms with Gasteiger partial charge < -0.3 is 10.2 Å². The Hall–Kier alpha value is -2.73. The number of amides is 2. The molecule has 1 heterocycles. The molecule has 1 fully saturated rings. The van der Waals surface area contributed by atoms with Crippen LogP contribution in [-0.4, -0.2) is 47.8 Å². The number of rotatable bonds is 5. The second kappa shape index (κ2) is 8.97. The van der Waals surface area contributed by atoms with Gasteiger partial charge in [0.1, 0.15) is 11.9 Å². The Labute approximate surface area is 165 Å². The van der Waals surface area contributed by atoms with Gasteiger partial charge in [0.15, 0.2) is 0 Å². The Morgan fingerprint density at radius 2 is 1.54 bits per heavy atom. The molecule has 0 saturated carbocycles. The number of piperazine rings is 1. The fourth-order valence-corrected chi connectivity index (χ4v) is 3.47. The van der Waals surface area contributed by atoms with Crippen LogP contribution in [0.5, 0.6) is 0 Å². The molecule has 2 aromatic carbocycles. The lowest BCUT2D eigenvalue weighted by molar-refractivity contribution is -0.137. The quantitative estimate of drug-likeness (QED) is 0.862. The van der Waals surface area contributed by atoms with Crippen molar-refractivity contribution in [1.29, 1.82) is 0 Å². The third-order valence-corrected chi connectivity index (χ3v) is 4.96. The van der Waals surface area contributed by atoms with Gasteiger partial charge in [0.2, 0.25) is 11.8 Å².